The first kappa shape index (κ1) is 15.3. The Bertz CT molecular complexity index is 743. The van der Waals surface area contributed by atoms with E-state index in [1.54, 1.807) is 19.1 Å². The third-order valence-corrected chi connectivity index (χ3v) is 5.01. The SMILES string of the molecule is COc1cc(NS(=O)(=O)c2cnc(C)[nH]2)c(Br)cc1Br. The Labute approximate surface area is 133 Å². The van der Waals surface area contributed by atoms with Crippen LogP contribution >= 0.6 is 31.9 Å². The van der Waals surface area contributed by atoms with Crippen molar-refractivity contribution < 1.29 is 13.2 Å². The molecule has 0 unspecified atom stereocenters. The summed E-state index contributed by atoms with van der Waals surface area (Å²) in [5.74, 6) is 1.05. The van der Waals surface area contributed by atoms with Gasteiger partial charge in [-0.05, 0) is 44.8 Å². The monoisotopic (exact) mass is 423 g/mol. The lowest BCUT2D eigenvalue weighted by molar-refractivity contribution is 0.412. The molecule has 1 heterocycles. The maximum absolute atomic E-state index is 12.2. The molecule has 6 nitrogen and oxygen atoms in total. The van der Waals surface area contributed by atoms with E-state index in [1.807, 2.05) is 0 Å². The molecule has 20 heavy (non-hydrogen) atoms. The smallest absolute Gasteiger partial charge is 0.279 e. The molecule has 0 fully saturated rings. The summed E-state index contributed by atoms with van der Waals surface area (Å²) in [6, 6.07) is 3.28. The zero-order valence-corrected chi connectivity index (χ0v) is 14.6. The average Bonchev–Trinajstić information content (AvgIpc) is 2.80. The van der Waals surface area contributed by atoms with Gasteiger partial charge in [-0.3, -0.25) is 4.72 Å². The molecule has 0 radical (unpaired) electrons. The van der Waals surface area contributed by atoms with Crippen molar-refractivity contribution in [3.8, 4) is 5.75 Å². The van der Waals surface area contributed by atoms with Gasteiger partial charge in [0.1, 0.15) is 11.6 Å². The van der Waals surface area contributed by atoms with Crippen molar-refractivity contribution in [2.75, 3.05) is 11.8 Å². The number of nitrogens with zero attached hydrogens (tertiary/aromatic N) is 1. The van der Waals surface area contributed by atoms with Gasteiger partial charge in [0.25, 0.3) is 10.0 Å². The second kappa shape index (κ2) is 5.74. The molecule has 0 amide bonds. The largest absolute Gasteiger partial charge is 0.495 e. The van der Waals surface area contributed by atoms with Gasteiger partial charge in [-0.25, -0.2) is 4.98 Å². The van der Waals surface area contributed by atoms with E-state index in [-0.39, 0.29) is 5.03 Å². The van der Waals surface area contributed by atoms with E-state index in [9.17, 15) is 8.42 Å². The van der Waals surface area contributed by atoms with E-state index < -0.39 is 10.0 Å². The fraction of sp³-hybridized carbons (Fsp3) is 0.182. The number of rotatable bonds is 4. The first-order chi connectivity index (χ1) is 9.33. The third kappa shape index (κ3) is 3.15. The predicted molar refractivity (Wildman–Crippen MR) is 82.5 cm³/mol. The summed E-state index contributed by atoms with van der Waals surface area (Å²) in [6.07, 6.45) is 1.27. The second-order valence-corrected chi connectivity index (χ2v) is 7.26. The summed E-state index contributed by atoms with van der Waals surface area (Å²) in [5, 5.41) is 0.00351. The topological polar surface area (TPSA) is 84.1 Å². The van der Waals surface area contributed by atoms with Crippen LogP contribution in [0.5, 0.6) is 5.75 Å². The molecule has 0 bridgehead atoms. The average molecular weight is 425 g/mol. The summed E-state index contributed by atoms with van der Waals surface area (Å²) in [7, 11) is -2.22. The van der Waals surface area contributed by atoms with E-state index in [4.69, 9.17) is 4.74 Å². The molecule has 2 N–H and O–H groups in total. The van der Waals surface area contributed by atoms with Crippen molar-refractivity contribution in [3.05, 3.63) is 33.1 Å². The molecule has 2 aromatic rings. The van der Waals surface area contributed by atoms with E-state index in [0.717, 1.165) is 0 Å². The van der Waals surface area contributed by atoms with Gasteiger partial charge in [-0.15, -0.1) is 0 Å². The van der Waals surface area contributed by atoms with E-state index >= 15 is 0 Å². The molecule has 0 aliphatic heterocycles. The number of halogens is 2. The highest BCUT2D eigenvalue weighted by atomic mass is 79.9. The lowest BCUT2D eigenvalue weighted by atomic mass is 10.3. The number of nitrogens with one attached hydrogen (secondary N) is 2. The summed E-state index contributed by atoms with van der Waals surface area (Å²) in [6.45, 7) is 1.68. The highest BCUT2D eigenvalue weighted by Gasteiger charge is 2.19. The number of benzene rings is 1. The normalized spacial score (nSPS) is 11.4. The third-order valence-electron chi connectivity index (χ3n) is 2.45. The Hall–Kier alpha value is -1.06. The maximum atomic E-state index is 12.2. The standard InChI is InChI=1S/C11H11Br2N3O3S/c1-6-14-5-11(15-6)20(17,18)16-9-4-10(19-2)8(13)3-7(9)12/h3-5,16H,1-2H3,(H,14,15). The molecule has 0 saturated carbocycles. The van der Waals surface area contributed by atoms with Gasteiger partial charge in [0.2, 0.25) is 0 Å². The number of imidazole rings is 1. The van der Waals surface area contributed by atoms with Crippen LogP contribution in [0.4, 0.5) is 5.69 Å². The summed E-state index contributed by atoms with van der Waals surface area (Å²) in [4.78, 5) is 6.55. The number of hydrogen-bond acceptors (Lipinski definition) is 4. The molecule has 0 saturated heterocycles. The lowest BCUT2D eigenvalue weighted by Gasteiger charge is -2.11. The van der Waals surface area contributed by atoms with Crippen LogP contribution < -0.4 is 9.46 Å². The molecule has 108 valence electrons. The summed E-state index contributed by atoms with van der Waals surface area (Å²) < 4.78 is 33.3. The Kier molecular flexibility index (Phi) is 4.40. The predicted octanol–water partition coefficient (Wildman–Crippen LogP) is 3.05. The number of sulfonamides is 1. The fourth-order valence-corrected chi connectivity index (χ4v) is 3.93. The van der Waals surface area contributed by atoms with Crippen LogP contribution in [0.1, 0.15) is 5.82 Å². The van der Waals surface area contributed by atoms with Crippen LogP contribution in [-0.2, 0) is 10.0 Å². The maximum Gasteiger partial charge on any atom is 0.279 e. The molecule has 9 heteroatoms. The molecule has 0 spiro atoms. The van der Waals surface area contributed by atoms with Crippen LogP contribution in [0.2, 0.25) is 0 Å². The van der Waals surface area contributed by atoms with Gasteiger partial charge < -0.3 is 9.72 Å². The molecule has 1 aromatic carbocycles. The number of aryl methyl sites for hydroxylation is 1. The van der Waals surface area contributed by atoms with E-state index in [2.05, 4.69) is 46.5 Å². The van der Waals surface area contributed by atoms with Crippen LogP contribution in [0, 0.1) is 6.92 Å². The first-order valence-corrected chi connectivity index (χ1v) is 8.48. The minimum Gasteiger partial charge on any atom is -0.495 e. The van der Waals surface area contributed by atoms with Crippen molar-refractivity contribution in [2.24, 2.45) is 0 Å². The number of aromatic amines is 1. The Morgan fingerprint density at radius 1 is 1.30 bits per heavy atom. The highest BCUT2D eigenvalue weighted by molar-refractivity contribution is 9.11. The van der Waals surface area contributed by atoms with Gasteiger partial charge in [0.15, 0.2) is 5.03 Å². The number of aromatic nitrogens is 2. The van der Waals surface area contributed by atoms with Crippen LogP contribution in [0.15, 0.2) is 32.3 Å². The Morgan fingerprint density at radius 2 is 2.00 bits per heavy atom. The number of methoxy groups -OCH3 is 1. The Morgan fingerprint density at radius 3 is 2.55 bits per heavy atom. The number of H-pyrrole nitrogens is 1. The molecular formula is C11H11Br2N3O3S. The van der Waals surface area contributed by atoms with Crippen molar-refractivity contribution >= 4 is 47.6 Å². The minimum absolute atomic E-state index is 0.00351. The fourth-order valence-electron chi connectivity index (χ4n) is 1.50. The van der Waals surface area contributed by atoms with Crippen molar-refractivity contribution in [1.29, 1.82) is 0 Å². The van der Waals surface area contributed by atoms with Gasteiger partial charge in [0, 0.05) is 10.5 Å². The Balaban J connectivity index is 2.39. The van der Waals surface area contributed by atoms with Crippen molar-refractivity contribution in [1.82, 2.24) is 9.97 Å². The molecular weight excluding hydrogens is 414 g/mol. The summed E-state index contributed by atoms with van der Waals surface area (Å²) >= 11 is 6.62. The van der Waals surface area contributed by atoms with Crippen molar-refractivity contribution in [3.63, 3.8) is 0 Å². The van der Waals surface area contributed by atoms with Gasteiger partial charge in [-0.2, -0.15) is 8.42 Å². The van der Waals surface area contributed by atoms with Crippen LogP contribution in [-0.4, -0.2) is 25.5 Å². The van der Waals surface area contributed by atoms with E-state index in [0.29, 0.717) is 26.2 Å². The lowest BCUT2D eigenvalue weighted by Crippen LogP contribution is -2.14. The minimum atomic E-state index is -3.72. The van der Waals surface area contributed by atoms with Gasteiger partial charge in [-0.1, -0.05) is 0 Å². The quantitative estimate of drug-likeness (QED) is 0.789. The summed E-state index contributed by atoms with van der Waals surface area (Å²) in [5.41, 5.74) is 0.373. The first-order valence-electron chi connectivity index (χ1n) is 5.41. The number of hydrogen-bond donors (Lipinski definition) is 2. The number of anilines is 1. The van der Waals surface area contributed by atoms with Gasteiger partial charge in [0.05, 0.1) is 23.5 Å². The molecule has 0 aliphatic carbocycles. The van der Waals surface area contributed by atoms with Crippen molar-refractivity contribution in [2.45, 2.75) is 11.9 Å². The van der Waals surface area contributed by atoms with Gasteiger partial charge >= 0.3 is 0 Å². The van der Waals surface area contributed by atoms with Crippen LogP contribution in [0.25, 0.3) is 0 Å². The second-order valence-electron chi connectivity index (χ2n) is 3.90. The molecule has 1 aromatic heterocycles. The van der Waals surface area contributed by atoms with Crippen LogP contribution in [0.3, 0.4) is 0 Å². The zero-order valence-electron chi connectivity index (χ0n) is 10.6. The molecule has 0 aliphatic rings. The molecule has 0 atom stereocenters. The highest BCUT2D eigenvalue weighted by Crippen LogP contribution is 2.35. The number of ether oxygens (including phenoxy) is 1. The van der Waals surface area contributed by atoms with E-state index in [1.165, 1.54) is 13.3 Å². The molecule has 2 rings (SSSR count). The zero-order chi connectivity index (χ0) is 14.9.